The van der Waals surface area contributed by atoms with Gasteiger partial charge in [0.05, 0.1) is 0 Å². The highest BCUT2D eigenvalue weighted by Gasteiger charge is 2.13. The number of rotatable bonds is 8. The molecule has 3 aromatic rings. The van der Waals surface area contributed by atoms with Crippen LogP contribution < -0.4 is 10.1 Å². The number of phenolic OH excluding ortho intramolecular Hbond substituents is 1. The van der Waals surface area contributed by atoms with E-state index in [-0.39, 0.29) is 5.75 Å². The minimum atomic E-state index is 0.257. The number of nitrogens with zero attached hydrogens (tertiary/aromatic N) is 1. The minimum Gasteiger partial charge on any atom is -0.508 e. The summed E-state index contributed by atoms with van der Waals surface area (Å²) in [6.07, 6.45) is 2.73. The van der Waals surface area contributed by atoms with E-state index in [1.165, 1.54) is 11.1 Å². The molecule has 1 aromatic heterocycles. The van der Waals surface area contributed by atoms with Crippen molar-refractivity contribution < 1.29 is 9.84 Å². The quantitative estimate of drug-likeness (QED) is 0.441. The zero-order valence-corrected chi connectivity index (χ0v) is 16.4. The number of phenols is 1. The van der Waals surface area contributed by atoms with Crippen LogP contribution in [0, 0.1) is 0 Å². The van der Waals surface area contributed by atoms with E-state index < -0.39 is 0 Å². The summed E-state index contributed by atoms with van der Waals surface area (Å²) in [6, 6.07) is 21.7. The Morgan fingerprint density at radius 1 is 0.929 bits per heavy atom. The Bertz CT molecular complexity index is 902. The second kappa shape index (κ2) is 9.72. The van der Waals surface area contributed by atoms with Gasteiger partial charge in [0.15, 0.2) is 0 Å². The van der Waals surface area contributed by atoms with Crippen LogP contribution in [0.2, 0.25) is 0 Å². The van der Waals surface area contributed by atoms with Gasteiger partial charge in [-0.1, -0.05) is 49.4 Å². The van der Waals surface area contributed by atoms with E-state index >= 15 is 0 Å². The second-order valence-corrected chi connectivity index (χ2v) is 6.46. The van der Waals surface area contributed by atoms with Gasteiger partial charge < -0.3 is 15.2 Å². The van der Waals surface area contributed by atoms with Gasteiger partial charge in [0.25, 0.3) is 0 Å². The van der Waals surface area contributed by atoms with Crippen LogP contribution in [0.15, 0.2) is 72.9 Å². The molecule has 0 amide bonds. The van der Waals surface area contributed by atoms with E-state index in [0.717, 1.165) is 29.7 Å². The summed E-state index contributed by atoms with van der Waals surface area (Å²) in [6.45, 7) is 3.51. The molecule has 4 heteroatoms. The predicted molar refractivity (Wildman–Crippen MR) is 114 cm³/mol. The molecule has 0 aliphatic carbocycles. The molecule has 0 unspecified atom stereocenters. The smallest absolute Gasteiger partial charge is 0.213 e. The molecule has 0 aliphatic heterocycles. The third kappa shape index (κ3) is 4.78. The number of benzene rings is 2. The van der Waals surface area contributed by atoms with Crippen molar-refractivity contribution in [2.24, 2.45) is 0 Å². The Labute approximate surface area is 166 Å². The standard InChI is InChI=1S/C24H26N2O2/c1-3-22(18-7-5-4-6-8-18)24(19-9-12-21(27)13-10-19)20-11-14-23(26-17-20)28-16-15-25-2/h4-14,17,25,27H,3,15-16H2,1-2H3/b24-22+. The zero-order valence-electron chi connectivity index (χ0n) is 16.4. The van der Waals surface area contributed by atoms with Crippen molar-refractivity contribution in [2.45, 2.75) is 13.3 Å². The van der Waals surface area contributed by atoms with Crippen LogP contribution in [0.3, 0.4) is 0 Å². The van der Waals surface area contributed by atoms with Crippen LogP contribution in [-0.4, -0.2) is 30.3 Å². The summed E-state index contributed by atoms with van der Waals surface area (Å²) < 4.78 is 5.65. The Morgan fingerprint density at radius 3 is 2.25 bits per heavy atom. The number of aromatic hydroxyl groups is 1. The fourth-order valence-corrected chi connectivity index (χ4v) is 3.18. The lowest BCUT2D eigenvalue weighted by Gasteiger charge is -2.16. The first-order chi connectivity index (χ1) is 13.7. The number of likely N-dealkylation sites (N-methyl/N-ethyl adjacent to an activating group) is 1. The molecule has 28 heavy (non-hydrogen) atoms. The normalized spacial score (nSPS) is 11.8. The fourth-order valence-electron chi connectivity index (χ4n) is 3.18. The second-order valence-electron chi connectivity index (χ2n) is 6.46. The van der Waals surface area contributed by atoms with Crippen molar-refractivity contribution in [2.75, 3.05) is 20.2 Å². The first-order valence-corrected chi connectivity index (χ1v) is 9.54. The van der Waals surface area contributed by atoms with Crippen LogP contribution in [0.5, 0.6) is 11.6 Å². The van der Waals surface area contributed by atoms with Crippen molar-refractivity contribution in [3.63, 3.8) is 0 Å². The van der Waals surface area contributed by atoms with Crippen molar-refractivity contribution in [1.29, 1.82) is 0 Å². The van der Waals surface area contributed by atoms with E-state index in [9.17, 15) is 5.11 Å². The van der Waals surface area contributed by atoms with Crippen molar-refractivity contribution >= 4 is 11.1 Å². The molecule has 3 rings (SSSR count). The maximum atomic E-state index is 9.71. The summed E-state index contributed by atoms with van der Waals surface area (Å²) >= 11 is 0. The first-order valence-electron chi connectivity index (χ1n) is 9.54. The van der Waals surface area contributed by atoms with Gasteiger partial charge in [-0.25, -0.2) is 4.98 Å². The van der Waals surface area contributed by atoms with E-state index in [1.807, 2.05) is 43.6 Å². The molecule has 0 spiro atoms. The highest BCUT2D eigenvalue weighted by atomic mass is 16.5. The lowest BCUT2D eigenvalue weighted by atomic mass is 9.89. The number of hydrogen-bond acceptors (Lipinski definition) is 4. The van der Waals surface area contributed by atoms with Crippen molar-refractivity contribution in [1.82, 2.24) is 10.3 Å². The first kappa shape index (κ1) is 19.6. The third-order valence-electron chi connectivity index (χ3n) is 4.56. The summed E-state index contributed by atoms with van der Waals surface area (Å²) in [7, 11) is 1.89. The Balaban J connectivity index is 2.06. The van der Waals surface area contributed by atoms with E-state index in [2.05, 4.69) is 41.5 Å². The average molecular weight is 374 g/mol. The van der Waals surface area contributed by atoms with Crippen molar-refractivity contribution in [3.05, 3.63) is 89.6 Å². The molecule has 0 aliphatic rings. The van der Waals surface area contributed by atoms with Crippen LogP contribution in [-0.2, 0) is 0 Å². The number of allylic oxidation sites excluding steroid dienone is 1. The van der Waals surface area contributed by atoms with Gasteiger partial charge in [0.1, 0.15) is 12.4 Å². The molecule has 144 valence electrons. The maximum absolute atomic E-state index is 9.71. The largest absolute Gasteiger partial charge is 0.508 e. The van der Waals surface area contributed by atoms with E-state index in [4.69, 9.17) is 4.74 Å². The molecule has 0 bridgehead atoms. The van der Waals surface area contributed by atoms with Gasteiger partial charge in [-0.15, -0.1) is 0 Å². The summed E-state index contributed by atoms with van der Waals surface area (Å²) in [5, 5.41) is 12.8. The molecule has 0 fully saturated rings. The fraction of sp³-hybridized carbons (Fsp3) is 0.208. The molecule has 0 saturated heterocycles. The number of ether oxygens (including phenoxy) is 1. The van der Waals surface area contributed by atoms with Gasteiger partial charge >= 0.3 is 0 Å². The number of hydrogen-bond donors (Lipinski definition) is 2. The molecule has 0 radical (unpaired) electrons. The van der Waals surface area contributed by atoms with Crippen LogP contribution in [0.1, 0.15) is 30.0 Å². The van der Waals surface area contributed by atoms with Gasteiger partial charge in [-0.05, 0) is 53.9 Å². The minimum absolute atomic E-state index is 0.257. The molecule has 1 heterocycles. The number of pyridine rings is 1. The lowest BCUT2D eigenvalue weighted by molar-refractivity contribution is 0.306. The summed E-state index contributed by atoms with van der Waals surface area (Å²) in [5.74, 6) is 0.870. The highest BCUT2D eigenvalue weighted by Crippen LogP contribution is 2.35. The molecule has 0 saturated carbocycles. The highest BCUT2D eigenvalue weighted by molar-refractivity contribution is 5.98. The predicted octanol–water partition coefficient (Wildman–Crippen LogP) is 4.75. The Kier molecular flexibility index (Phi) is 6.82. The average Bonchev–Trinajstić information content (AvgIpc) is 2.74. The third-order valence-corrected chi connectivity index (χ3v) is 4.56. The van der Waals surface area contributed by atoms with Gasteiger partial charge in [0.2, 0.25) is 5.88 Å². The molecular weight excluding hydrogens is 348 g/mol. The molecular formula is C24H26N2O2. The van der Waals surface area contributed by atoms with E-state index in [1.54, 1.807) is 12.1 Å². The molecule has 0 atom stereocenters. The molecule has 2 aromatic carbocycles. The van der Waals surface area contributed by atoms with E-state index in [0.29, 0.717) is 12.5 Å². The van der Waals surface area contributed by atoms with Gasteiger partial charge in [-0.2, -0.15) is 0 Å². The maximum Gasteiger partial charge on any atom is 0.213 e. The summed E-state index contributed by atoms with van der Waals surface area (Å²) in [5.41, 5.74) is 5.60. The van der Waals surface area contributed by atoms with Gasteiger partial charge in [-0.3, -0.25) is 0 Å². The SMILES string of the molecule is CC/C(=C(/c1ccc(O)cc1)c1ccc(OCCNC)nc1)c1ccccc1. The van der Waals surface area contributed by atoms with Crippen LogP contribution in [0.25, 0.3) is 11.1 Å². The molecule has 2 N–H and O–H groups in total. The number of aromatic nitrogens is 1. The van der Waals surface area contributed by atoms with Gasteiger partial charge in [0, 0.05) is 24.4 Å². The number of nitrogens with one attached hydrogen (secondary N) is 1. The van der Waals surface area contributed by atoms with Crippen molar-refractivity contribution in [3.8, 4) is 11.6 Å². The van der Waals surface area contributed by atoms with Crippen LogP contribution >= 0.6 is 0 Å². The summed E-state index contributed by atoms with van der Waals surface area (Å²) in [4.78, 5) is 4.49. The Hall–Kier alpha value is -3.11. The topological polar surface area (TPSA) is 54.4 Å². The lowest BCUT2D eigenvalue weighted by Crippen LogP contribution is -2.16. The molecule has 4 nitrogen and oxygen atoms in total. The van der Waals surface area contributed by atoms with Crippen LogP contribution in [0.4, 0.5) is 0 Å². The Morgan fingerprint density at radius 2 is 1.64 bits per heavy atom. The zero-order chi connectivity index (χ0) is 19.8. The monoisotopic (exact) mass is 374 g/mol.